The lowest BCUT2D eigenvalue weighted by molar-refractivity contribution is 0.353. The van der Waals surface area contributed by atoms with Gasteiger partial charge < -0.3 is 9.47 Å². The zero-order valence-corrected chi connectivity index (χ0v) is 12.0. The number of rotatable bonds is 5. The fourth-order valence-electron chi connectivity index (χ4n) is 1.66. The van der Waals surface area contributed by atoms with E-state index < -0.39 is 0 Å². The van der Waals surface area contributed by atoms with Crippen LogP contribution in [0.1, 0.15) is 6.92 Å². The third kappa shape index (κ3) is 3.23. The molecule has 21 heavy (non-hydrogen) atoms. The molecule has 0 aliphatic heterocycles. The van der Waals surface area contributed by atoms with Crippen LogP contribution in [-0.2, 0) is 0 Å². The fourth-order valence-corrected chi connectivity index (χ4v) is 1.66. The van der Waals surface area contributed by atoms with Crippen LogP contribution >= 0.6 is 0 Å². The Balaban J connectivity index is 2.44. The Morgan fingerprint density at radius 3 is 2.71 bits per heavy atom. The van der Waals surface area contributed by atoms with Gasteiger partial charge in [-0.1, -0.05) is 6.08 Å². The number of allylic oxidation sites excluding steroid dienone is 1. The van der Waals surface area contributed by atoms with E-state index in [1.165, 1.54) is 19.2 Å². The van der Waals surface area contributed by atoms with Crippen molar-refractivity contribution in [3.63, 3.8) is 0 Å². The van der Waals surface area contributed by atoms with Gasteiger partial charge in [0.1, 0.15) is 5.69 Å². The molecule has 2 rings (SSSR count). The van der Waals surface area contributed by atoms with Crippen LogP contribution in [0.15, 0.2) is 30.7 Å². The van der Waals surface area contributed by atoms with Crippen molar-refractivity contribution in [3.8, 4) is 23.1 Å². The lowest BCUT2D eigenvalue weighted by Crippen LogP contribution is -2.24. The molecule has 2 N–H and O–H groups in total. The van der Waals surface area contributed by atoms with Gasteiger partial charge in [0.15, 0.2) is 0 Å². The number of ether oxygens (including phenoxy) is 2. The number of nitrogens with zero attached hydrogens (tertiary/aromatic N) is 5. The molecule has 0 saturated carbocycles. The molecular formula is C13H16N6O2. The Morgan fingerprint density at radius 1 is 1.24 bits per heavy atom. The number of methoxy groups -OCH3 is 2. The summed E-state index contributed by atoms with van der Waals surface area (Å²) in [6.45, 7) is 1.87. The largest absolute Gasteiger partial charge is 0.480 e. The normalized spacial score (nSPS) is 10.7. The zero-order chi connectivity index (χ0) is 15.2. The monoisotopic (exact) mass is 288 g/mol. The number of nitrogens with two attached hydrogens (primary N) is 1. The van der Waals surface area contributed by atoms with E-state index in [-0.39, 0.29) is 6.01 Å². The van der Waals surface area contributed by atoms with Gasteiger partial charge in [0.05, 0.1) is 31.7 Å². The minimum atomic E-state index is 0.217. The first-order valence-corrected chi connectivity index (χ1v) is 6.14. The highest BCUT2D eigenvalue weighted by molar-refractivity contribution is 5.67. The van der Waals surface area contributed by atoms with Crippen molar-refractivity contribution in [1.29, 1.82) is 0 Å². The highest BCUT2D eigenvalue weighted by Crippen LogP contribution is 2.28. The summed E-state index contributed by atoms with van der Waals surface area (Å²) in [5, 5.41) is 9.43. The average Bonchev–Trinajstić information content (AvgIpc) is 2.54. The molecule has 0 bridgehead atoms. The molecule has 0 radical (unpaired) electrons. The van der Waals surface area contributed by atoms with Crippen LogP contribution in [0.4, 0.5) is 5.69 Å². The van der Waals surface area contributed by atoms with E-state index >= 15 is 0 Å². The summed E-state index contributed by atoms with van der Waals surface area (Å²) in [4.78, 5) is 8.17. The molecule has 8 heteroatoms. The summed E-state index contributed by atoms with van der Waals surface area (Å²) in [7, 11) is 3.00. The van der Waals surface area contributed by atoms with Gasteiger partial charge in [0, 0.05) is 12.4 Å². The second-order valence-electron chi connectivity index (χ2n) is 3.97. The molecule has 0 atom stereocenters. The molecule has 0 unspecified atom stereocenters. The van der Waals surface area contributed by atoms with Crippen molar-refractivity contribution in [3.05, 3.63) is 30.7 Å². The van der Waals surface area contributed by atoms with E-state index in [2.05, 4.69) is 20.2 Å². The number of hydrogen-bond donors (Lipinski definition) is 1. The molecule has 0 fully saturated rings. The van der Waals surface area contributed by atoms with Crippen LogP contribution in [-0.4, -0.2) is 34.4 Å². The topological polar surface area (TPSA) is 99.3 Å². The van der Waals surface area contributed by atoms with Gasteiger partial charge in [0.25, 0.3) is 0 Å². The third-order valence-electron chi connectivity index (χ3n) is 2.63. The minimum absolute atomic E-state index is 0.217. The molecule has 2 aromatic rings. The molecule has 110 valence electrons. The lowest BCUT2D eigenvalue weighted by atomic mass is 10.2. The zero-order valence-electron chi connectivity index (χ0n) is 12.0. The summed E-state index contributed by atoms with van der Waals surface area (Å²) in [5.74, 6) is 6.21. The Bertz CT molecular complexity index is 646. The predicted octanol–water partition coefficient (Wildman–Crippen LogP) is 1.16. The Kier molecular flexibility index (Phi) is 4.62. The van der Waals surface area contributed by atoms with Crippen LogP contribution in [0.3, 0.4) is 0 Å². The van der Waals surface area contributed by atoms with Gasteiger partial charge in [-0.2, -0.15) is 15.2 Å². The quantitative estimate of drug-likeness (QED) is 0.646. The van der Waals surface area contributed by atoms with Gasteiger partial charge in [-0.3, -0.25) is 5.01 Å². The highest BCUT2D eigenvalue weighted by atomic mass is 16.5. The Hall–Kier alpha value is -2.74. The molecule has 8 nitrogen and oxygen atoms in total. The number of aromatic nitrogens is 4. The minimum Gasteiger partial charge on any atom is -0.480 e. The van der Waals surface area contributed by atoms with E-state index in [1.54, 1.807) is 24.7 Å². The van der Waals surface area contributed by atoms with Crippen molar-refractivity contribution in [1.82, 2.24) is 20.2 Å². The molecule has 0 aliphatic rings. The average molecular weight is 288 g/mol. The lowest BCUT2D eigenvalue weighted by Gasteiger charge is -2.13. The van der Waals surface area contributed by atoms with E-state index in [9.17, 15) is 0 Å². The Labute approximate surface area is 122 Å². The van der Waals surface area contributed by atoms with Crippen molar-refractivity contribution in [2.24, 2.45) is 5.84 Å². The SMILES string of the molecule is C/C=C\N(N)c1cnnc(-c2cnc(OC)nc2OC)c1. The van der Waals surface area contributed by atoms with Crippen molar-refractivity contribution in [2.45, 2.75) is 6.92 Å². The van der Waals surface area contributed by atoms with Crippen LogP contribution in [0.5, 0.6) is 11.9 Å². The summed E-state index contributed by atoms with van der Waals surface area (Å²) < 4.78 is 10.2. The first-order valence-electron chi connectivity index (χ1n) is 6.14. The van der Waals surface area contributed by atoms with Gasteiger partial charge in [-0.05, 0) is 13.0 Å². The van der Waals surface area contributed by atoms with Gasteiger partial charge in [-0.15, -0.1) is 0 Å². The summed E-state index contributed by atoms with van der Waals surface area (Å²) in [6.07, 6.45) is 6.65. The van der Waals surface area contributed by atoms with E-state index in [1.807, 2.05) is 13.0 Å². The summed E-state index contributed by atoms with van der Waals surface area (Å²) in [6, 6.07) is 1.98. The first-order chi connectivity index (χ1) is 10.2. The van der Waals surface area contributed by atoms with Crippen molar-refractivity contribution < 1.29 is 9.47 Å². The van der Waals surface area contributed by atoms with Crippen molar-refractivity contribution in [2.75, 3.05) is 19.2 Å². The number of hydrogen-bond acceptors (Lipinski definition) is 8. The molecule has 0 aliphatic carbocycles. The molecule has 0 spiro atoms. The Morgan fingerprint density at radius 2 is 2.05 bits per heavy atom. The molecule has 0 aromatic carbocycles. The van der Waals surface area contributed by atoms with Gasteiger partial charge >= 0.3 is 6.01 Å². The first kappa shape index (κ1) is 14.7. The maximum atomic E-state index is 5.86. The highest BCUT2D eigenvalue weighted by Gasteiger charge is 2.13. The second-order valence-corrected chi connectivity index (χ2v) is 3.97. The molecule has 0 amide bonds. The van der Waals surface area contributed by atoms with E-state index in [4.69, 9.17) is 15.3 Å². The molecule has 0 saturated heterocycles. The van der Waals surface area contributed by atoms with E-state index in [0.717, 1.165) is 0 Å². The molecular weight excluding hydrogens is 272 g/mol. The number of hydrazine groups is 1. The van der Waals surface area contributed by atoms with E-state index in [0.29, 0.717) is 22.8 Å². The standard InChI is InChI=1S/C13H16N6O2/c1-4-5-19(14)9-6-11(18-16-7-9)10-8-15-13(21-3)17-12(10)20-2/h4-8H,14H2,1-3H3/b5-4-. The molecule has 2 heterocycles. The summed E-state index contributed by atoms with van der Waals surface area (Å²) >= 11 is 0. The van der Waals surface area contributed by atoms with Crippen LogP contribution in [0.2, 0.25) is 0 Å². The van der Waals surface area contributed by atoms with Crippen molar-refractivity contribution >= 4 is 5.69 Å². The third-order valence-corrected chi connectivity index (χ3v) is 2.63. The van der Waals surface area contributed by atoms with Crippen LogP contribution in [0, 0.1) is 0 Å². The van der Waals surface area contributed by atoms with Gasteiger partial charge in [-0.25, -0.2) is 10.8 Å². The number of anilines is 1. The maximum absolute atomic E-state index is 5.86. The molecule has 2 aromatic heterocycles. The fraction of sp³-hybridized carbons (Fsp3) is 0.231. The van der Waals surface area contributed by atoms with Crippen LogP contribution < -0.4 is 20.3 Å². The second kappa shape index (κ2) is 6.62. The van der Waals surface area contributed by atoms with Gasteiger partial charge in [0.2, 0.25) is 5.88 Å². The maximum Gasteiger partial charge on any atom is 0.319 e. The van der Waals surface area contributed by atoms with Crippen LogP contribution in [0.25, 0.3) is 11.3 Å². The predicted molar refractivity (Wildman–Crippen MR) is 77.6 cm³/mol. The smallest absolute Gasteiger partial charge is 0.319 e. The summed E-state index contributed by atoms with van der Waals surface area (Å²) in [5.41, 5.74) is 1.82.